The number of amides is 2. The quantitative estimate of drug-likeness (QED) is 0.755. The van der Waals surface area contributed by atoms with Crippen LogP contribution in [0.5, 0.6) is 0 Å². The lowest BCUT2D eigenvalue weighted by Crippen LogP contribution is -2.37. The number of carbonyl (C=O) groups is 2. The van der Waals surface area contributed by atoms with Gasteiger partial charge in [-0.2, -0.15) is 0 Å². The highest BCUT2D eigenvalue weighted by molar-refractivity contribution is 5.96. The third-order valence-electron chi connectivity index (χ3n) is 4.48. The normalized spacial score (nSPS) is 15.3. The van der Waals surface area contributed by atoms with Crippen LogP contribution in [0.25, 0.3) is 0 Å². The molecule has 2 amide bonds. The first kappa shape index (κ1) is 18.5. The Balaban J connectivity index is 1.81. The van der Waals surface area contributed by atoms with Crippen LogP contribution in [0.15, 0.2) is 24.3 Å². The van der Waals surface area contributed by atoms with Crippen molar-refractivity contribution in [3.8, 4) is 0 Å². The number of likely N-dealkylation sites (tertiary alicyclic amines) is 1. The van der Waals surface area contributed by atoms with Crippen LogP contribution in [-0.2, 0) is 4.79 Å². The molecule has 0 bridgehead atoms. The predicted octanol–water partition coefficient (Wildman–Crippen LogP) is 2.89. The van der Waals surface area contributed by atoms with Gasteiger partial charge in [-0.1, -0.05) is 20.3 Å². The molecule has 2 rings (SSSR count). The average Bonchev–Trinajstić information content (AvgIpc) is 2.59. The van der Waals surface area contributed by atoms with E-state index in [1.807, 2.05) is 4.90 Å². The van der Waals surface area contributed by atoms with Crippen LogP contribution in [-0.4, -0.2) is 42.9 Å². The van der Waals surface area contributed by atoms with E-state index in [2.05, 4.69) is 24.5 Å². The Kier molecular flexibility index (Phi) is 7.25. The maximum atomic E-state index is 12.5. The van der Waals surface area contributed by atoms with Crippen molar-refractivity contribution in [2.24, 2.45) is 5.92 Å². The number of rotatable bonds is 7. The summed E-state index contributed by atoms with van der Waals surface area (Å²) in [4.78, 5) is 26.2. The van der Waals surface area contributed by atoms with Crippen molar-refractivity contribution in [1.29, 1.82) is 0 Å². The lowest BCUT2D eigenvalue weighted by molar-refractivity contribution is -0.115. The van der Waals surface area contributed by atoms with Gasteiger partial charge in [-0.05, 0) is 56.0 Å². The van der Waals surface area contributed by atoms with Gasteiger partial charge in [0.25, 0.3) is 5.91 Å². The molecule has 0 aliphatic carbocycles. The first-order valence-electron chi connectivity index (χ1n) is 9.00. The summed E-state index contributed by atoms with van der Waals surface area (Å²) in [5.41, 5.74) is 1.41. The number of carbonyl (C=O) groups excluding carboxylic acids is 2. The van der Waals surface area contributed by atoms with Crippen LogP contribution in [0.1, 0.15) is 49.9 Å². The van der Waals surface area contributed by atoms with Crippen LogP contribution < -0.4 is 10.6 Å². The fourth-order valence-electron chi connectivity index (χ4n) is 2.80. The summed E-state index contributed by atoms with van der Waals surface area (Å²) in [5.74, 6) is 0.730. The van der Waals surface area contributed by atoms with Crippen molar-refractivity contribution in [2.75, 3.05) is 31.5 Å². The molecule has 2 N–H and O–H groups in total. The Hall–Kier alpha value is -1.88. The molecule has 0 radical (unpaired) electrons. The van der Waals surface area contributed by atoms with E-state index in [9.17, 15) is 9.59 Å². The number of piperidine rings is 1. The third kappa shape index (κ3) is 5.64. The van der Waals surface area contributed by atoms with Gasteiger partial charge in [0.05, 0.1) is 6.54 Å². The Morgan fingerprint density at radius 2 is 1.83 bits per heavy atom. The van der Waals surface area contributed by atoms with Crippen LogP contribution >= 0.6 is 0 Å². The summed E-state index contributed by atoms with van der Waals surface area (Å²) in [5, 5.41) is 5.95. The van der Waals surface area contributed by atoms with Gasteiger partial charge in [0.2, 0.25) is 5.91 Å². The number of hydrogen-bond acceptors (Lipinski definition) is 3. The zero-order valence-electron chi connectivity index (χ0n) is 14.8. The molecule has 1 fully saturated rings. The second-order valence-corrected chi connectivity index (χ2v) is 6.63. The Labute approximate surface area is 144 Å². The molecule has 1 aliphatic rings. The Morgan fingerprint density at radius 1 is 1.17 bits per heavy atom. The first-order chi connectivity index (χ1) is 11.6. The number of benzene rings is 1. The molecular formula is C19H29N3O2. The highest BCUT2D eigenvalue weighted by Crippen LogP contribution is 2.19. The highest BCUT2D eigenvalue weighted by Gasteiger charge is 2.21. The van der Waals surface area contributed by atoms with E-state index in [4.69, 9.17) is 0 Å². The second kappa shape index (κ2) is 9.42. The van der Waals surface area contributed by atoms with Crippen molar-refractivity contribution in [2.45, 2.75) is 39.5 Å². The molecular weight excluding hydrogens is 302 g/mol. The molecule has 132 valence electrons. The fraction of sp³-hybridized carbons (Fsp3) is 0.579. The second-order valence-electron chi connectivity index (χ2n) is 6.63. The minimum absolute atomic E-state index is 0.0600. The van der Waals surface area contributed by atoms with E-state index in [1.54, 1.807) is 24.3 Å². The van der Waals surface area contributed by atoms with Gasteiger partial charge in [-0.25, -0.2) is 0 Å². The van der Waals surface area contributed by atoms with E-state index >= 15 is 0 Å². The summed E-state index contributed by atoms with van der Waals surface area (Å²) >= 11 is 0. The molecule has 0 saturated carbocycles. The molecule has 1 saturated heterocycles. The Morgan fingerprint density at radius 3 is 2.46 bits per heavy atom. The minimum atomic E-state index is -0.0600. The molecule has 0 spiro atoms. The monoisotopic (exact) mass is 331 g/mol. The van der Waals surface area contributed by atoms with Crippen LogP contribution in [0.4, 0.5) is 5.69 Å². The van der Waals surface area contributed by atoms with Crippen LogP contribution in [0, 0.1) is 5.92 Å². The molecule has 24 heavy (non-hydrogen) atoms. The number of nitrogens with zero attached hydrogens (tertiary/aromatic N) is 1. The minimum Gasteiger partial charge on any atom is -0.339 e. The zero-order valence-corrected chi connectivity index (χ0v) is 14.8. The molecule has 0 aromatic heterocycles. The summed E-state index contributed by atoms with van der Waals surface area (Å²) < 4.78 is 0. The van der Waals surface area contributed by atoms with Gasteiger partial charge in [-0.3, -0.25) is 9.59 Å². The standard InChI is InChI=1S/C19H29N3O2/c1-3-4-11-20-14-18(23)21-17-7-5-16(6-8-17)19(24)22-12-9-15(2)10-13-22/h5-8,15,20H,3-4,9-14H2,1-2H3,(H,21,23). The van der Waals surface area contributed by atoms with Crippen molar-refractivity contribution in [3.63, 3.8) is 0 Å². The van der Waals surface area contributed by atoms with E-state index < -0.39 is 0 Å². The third-order valence-corrected chi connectivity index (χ3v) is 4.48. The number of hydrogen-bond donors (Lipinski definition) is 2. The molecule has 1 aromatic rings. The van der Waals surface area contributed by atoms with Gasteiger partial charge in [0.1, 0.15) is 0 Å². The molecule has 1 aromatic carbocycles. The van der Waals surface area contributed by atoms with E-state index in [1.165, 1.54) is 0 Å². The van der Waals surface area contributed by atoms with Crippen molar-refractivity contribution < 1.29 is 9.59 Å². The highest BCUT2D eigenvalue weighted by atomic mass is 16.2. The summed E-state index contributed by atoms with van der Waals surface area (Å²) in [6.45, 7) is 7.19. The first-order valence-corrected chi connectivity index (χ1v) is 9.00. The largest absolute Gasteiger partial charge is 0.339 e. The zero-order chi connectivity index (χ0) is 17.4. The number of anilines is 1. The lowest BCUT2D eigenvalue weighted by Gasteiger charge is -2.30. The summed E-state index contributed by atoms with van der Waals surface area (Å²) in [7, 11) is 0. The maximum Gasteiger partial charge on any atom is 0.253 e. The molecule has 0 atom stereocenters. The van der Waals surface area contributed by atoms with Gasteiger partial charge >= 0.3 is 0 Å². The van der Waals surface area contributed by atoms with Gasteiger partial charge in [0, 0.05) is 24.3 Å². The van der Waals surface area contributed by atoms with Crippen molar-refractivity contribution >= 4 is 17.5 Å². The van der Waals surface area contributed by atoms with Crippen molar-refractivity contribution in [1.82, 2.24) is 10.2 Å². The molecule has 1 aliphatic heterocycles. The van der Waals surface area contributed by atoms with Gasteiger partial charge in [0.15, 0.2) is 0 Å². The predicted molar refractivity (Wildman–Crippen MR) is 97.2 cm³/mol. The number of nitrogens with one attached hydrogen (secondary N) is 2. The van der Waals surface area contributed by atoms with E-state index in [0.29, 0.717) is 18.0 Å². The number of unbranched alkanes of at least 4 members (excludes halogenated alkanes) is 1. The summed E-state index contributed by atoms with van der Waals surface area (Å²) in [6.07, 6.45) is 4.33. The average molecular weight is 331 g/mol. The lowest BCUT2D eigenvalue weighted by atomic mass is 9.98. The van der Waals surface area contributed by atoms with E-state index in [-0.39, 0.29) is 11.8 Å². The summed E-state index contributed by atoms with van der Waals surface area (Å²) in [6, 6.07) is 7.18. The maximum absolute atomic E-state index is 12.5. The van der Waals surface area contributed by atoms with E-state index in [0.717, 1.165) is 51.0 Å². The molecule has 5 heteroatoms. The van der Waals surface area contributed by atoms with Crippen molar-refractivity contribution in [3.05, 3.63) is 29.8 Å². The van der Waals surface area contributed by atoms with Crippen LogP contribution in [0.3, 0.4) is 0 Å². The Bertz CT molecular complexity index is 534. The van der Waals surface area contributed by atoms with Gasteiger partial charge < -0.3 is 15.5 Å². The van der Waals surface area contributed by atoms with Gasteiger partial charge in [-0.15, -0.1) is 0 Å². The molecule has 0 unspecified atom stereocenters. The molecule has 5 nitrogen and oxygen atoms in total. The fourth-order valence-corrected chi connectivity index (χ4v) is 2.80. The van der Waals surface area contributed by atoms with Crippen LogP contribution in [0.2, 0.25) is 0 Å². The SMILES string of the molecule is CCCCNCC(=O)Nc1ccc(C(=O)N2CCC(C)CC2)cc1. The topological polar surface area (TPSA) is 61.4 Å². The smallest absolute Gasteiger partial charge is 0.253 e. The molecule has 1 heterocycles.